The van der Waals surface area contributed by atoms with Crippen molar-refractivity contribution in [3.63, 3.8) is 0 Å². The van der Waals surface area contributed by atoms with Crippen molar-refractivity contribution in [2.24, 2.45) is 29.1 Å². The molecule has 0 bridgehead atoms. The average Bonchev–Trinajstić information content (AvgIpc) is 2.96. The molecule has 4 heteroatoms. The summed E-state index contributed by atoms with van der Waals surface area (Å²) in [5, 5.41) is 19.6. The number of phenolic OH excluding ortho intramolecular Hbond substituents is 1. The van der Waals surface area contributed by atoms with Crippen LogP contribution in [0.25, 0.3) is 0 Å². The number of carboxylic acid groups (broad SMARTS) is 1. The number of hydrogen-bond donors (Lipinski definition) is 2. The van der Waals surface area contributed by atoms with Crippen molar-refractivity contribution in [3.8, 4) is 5.75 Å². The molecule has 2 fully saturated rings. The molecule has 142 valence electrons. The van der Waals surface area contributed by atoms with E-state index in [1.54, 1.807) is 0 Å². The molecule has 2 N–H and O–H groups in total. The molecule has 3 aliphatic carbocycles. The second-order valence-electron chi connectivity index (χ2n) is 8.95. The highest BCUT2D eigenvalue weighted by atomic mass is 35.5. The lowest BCUT2D eigenvalue weighted by molar-refractivity contribution is -0.146. The molecule has 0 saturated heterocycles. The van der Waals surface area contributed by atoms with E-state index in [4.69, 9.17) is 11.6 Å². The molecule has 1 unspecified atom stereocenters. The van der Waals surface area contributed by atoms with E-state index in [9.17, 15) is 15.0 Å². The Hall–Kier alpha value is -1.22. The zero-order valence-corrected chi connectivity index (χ0v) is 16.2. The molecule has 0 amide bonds. The Balaban J connectivity index is 1.62. The minimum absolute atomic E-state index is 0.130. The first kappa shape index (κ1) is 18.2. The number of hydrogen-bond acceptors (Lipinski definition) is 2. The Morgan fingerprint density at radius 1 is 1.31 bits per heavy atom. The summed E-state index contributed by atoms with van der Waals surface area (Å²) in [5.41, 5.74) is 2.88. The summed E-state index contributed by atoms with van der Waals surface area (Å²) >= 11 is 5.94. The van der Waals surface area contributed by atoms with Crippen LogP contribution in [0.4, 0.5) is 0 Å². The maximum Gasteiger partial charge on any atom is 0.306 e. The molecule has 3 nitrogen and oxygen atoms in total. The summed E-state index contributed by atoms with van der Waals surface area (Å²) in [7, 11) is 0. The molecule has 1 aromatic carbocycles. The van der Waals surface area contributed by atoms with E-state index in [1.807, 2.05) is 12.1 Å². The third-order valence-corrected chi connectivity index (χ3v) is 8.22. The zero-order valence-electron chi connectivity index (χ0n) is 15.5. The van der Waals surface area contributed by atoms with Crippen LogP contribution in [0.5, 0.6) is 5.75 Å². The monoisotopic (exact) mass is 376 g/mol. The van der Waals surface area contributed by atoms with Crippen molar-refractivity contribution in [3.05, 3.63) is 29.3 Å². The van der Waals surface area contributed by atoms with Gasteiger partial charge in [-0.2, -0.15) is 0 Å². The summed E-state index contributed by atoms with van der Waals surface area (Å²) in [4.78, 5) is 11.9. The fourth-order valence-electron chi connectivity index (χ4n) is 6.88. The lowest BCUT2D eigenvalue weighted by Gasteiger charge is -2.51. The minimum atomic E-state index is -0.663. The fraction of sp³-hybridized carbons (Fsp3) is 0.682. The van der Waals surface area contributed by atoms with Gasteiger partial charge in [-0.25, -0.2) is 0 Å². The molecule has 0 spiro atoms. The maximum absolute atomic E-state index is 11.9. The van der Waals surface area contributed by atoms with E-state index in [-0.39, 0.29) is 17.3 Å². The fourth-order valence-corrected chi connectivity index (χ4v) is 7.12. The summed E-state index contributed by atoms with van der Waals surface area (Å²) in [5.74, 6) is 1.94. The Labute approximate surface area is 160 Å². The molecule has 0 aromatic heterocycles. The van der Waals surface area contributed by atoms with Crippen LogP contribution in [0.2, 0.25) is 0 Å². The largest absolute Gasteiger partial charge is 0.508 e. The molecule has 3 aliphatic rings. The highest BCUT2D eigenvalue weighted by Crippen LogP contribution is 2.64. The van der Waals surface area contributed by atoms with Gasteiger partial charge in [0.05, 0.1) is 5.92 Å². The Kier molecular flexibility index (Phi) is 4.71. The van der Waals surface area contributed by atoms with Crippen LogP contribution < -0.4 is 0 Å². The summed E-state index contributed by atoms with van der Waals surface area (Å²) in [6.45, 7) is 2.36. The number of fused-ring (bicyclic) bond motifs is 5. The first-order chi connectivity index (χ1) is 12.5. The predicted octanol–water partition coefficient (Wildman–Crippen LogP) is 5.19. The van der Waals surface area contributed by atoms with Crippen LogP contribution >= 0.6 is 11.6 Å². The molecule has 6 atom stereocenters. The summed E-state index contributed by atoms with van der Waals surface area (Å²) in [6, 6.07) is 5.90. The van der Waals surface area contributed by atoms with Crippen molar-refractivity contribution in [2.75, 3.05) is 5.88 Å². The molecule has 1 aromatic rings. The maximum atomic E-state index is 11.9. The van der Waals surface area contributed by atoms with E-state index >= 15 is 0 Å². The van der Waals surface area contributed by atoms with E-state index < -0.39 is 5.97 Å². The van der Waals surface area contributed by atoms with Gasteiger partial charge in [0.25, 0.3) is 0 Å². The van der Waals surface area contributed by atoms with E-state index in [2.05, 4.69) is 13.0 Å². The van der Waals surface area contributed by atoms with Crippen LogP contribution in [-0.4, -0.2) is 22.1 Å². The van der Waals surface area contributed by atoms with Crippen molar-refractivity contribution in [1.29, 1.82) is 0 Å². The molecular weight excluding hydrogens is 348 g/mol. The van der Waals surface area contributed by atoms with Crippen LogP contribution in [0.15, 0.2) is 18.2 Å². The Morgan fingerprint density at radius 2 is 2.12 bits per heavy atom. The van der Waals surface area contributed by atoms with Crippen LogP contribution in [0, 0.1) is 29.1 Å². The van der Waals surface area contributed by atoms with Gasteiger partial charge in [-0.05, 0) is 97.3 Å². The number of aromatic hydroxyl groups is 1. The molecule has 26 heavy (non-hydrogen) atoms. The lowest BCUT2D eigenvalue weighted by atomic mass is 9.53. The van der Waals surface area contributed by atoms with Crippen LogP contribution in [0.1, 0.15) is 62.5 Å². The van der Waals surface area contributed by atoms with Gasteiger partial charge >= 0.3 is 5.97 Å². The average molecular weight is 377 g/mol. The standard InChI is InChI=1S/C22H29ClO3/c1-22-10-8-16-15-5-3-14(24)12-13(15)2-4-17(16)19(22)6-7-20(22)18(9-11-23)21(25)26/h3,5,12,16-20,24H,2,4,6-11H2,1H3,(H,25,26)/t16-,17-,18?,19+,20-,22+/m1/s1. The number of aliphatic carboxylic acids is 1. The predicted molar refractivity (Wildman–Crippen MR) is 103 cm³/mol. The molecule has 4 rings (SSSR count). The van der Waals surface area contributed by atoms with Gasteiger partial charge in [0.15, 0.2) is 0 Å². The molecular formula is C22H29ClO3. The van der Waals surface area contributed by atoms with Crippen molar-refractivity contribution >= 4 is 17.6 Å². The van der Waals surface area contributed by atoms with E-state index in [0.717, 1.165) is 32.1 Å². The normalized spacial score (nSPS) is 36.7. The third kappa shape index (κ3) is 2.74. The molecule has 0 radical (unpaired) electrons. The van der Waals surface area contributed by atoms with Gasteiger partial charge in [-0.3, -0.25) is 4.79 Å². The SMILES string of the molecule is C[C@]12CC[C@@H]3c4ccc(O)cc4CC[C@H]3[C@@H]1CC[C@@H]2C(CCCl)C(=O)O. The molecule has 0 aliphatic heterocycles. The van der Waals surface area contributed by atoms with E-state index in [0.29, 0.717) is 35.8 Å². The summed E-state index contributed by atoms with van der Waals surface area (Å²) in [6.07, 6.45) is 7.21. The second-order valence-corrected chi connectivity index (χ2v) is 9.33. The number of alkyl halides is 1. The van der Waals surface area contributed by atoms with Gasteiger partial charge in [-0.1, -0.05) is 13.0 Å². The van der Waals surface area contributed by atoms with Gasteiger partial charge in [-0.15, -0.1) is 11.6 Å². The lowest BCUT2D eigenvalue weighted by Crippen LogP contribution is -2.45. The highest BCUT2D eigenvalue weighted by molar-refractivity contribution is 6.17. The van der Waals surface area contributed by atoms with Crippen molar-refractivity contribution in [2.45, 2.75) is 57.8 Å². The van der Waals surface area contributed by atoms with E-state index in [1.165, 1.54) is 17.5 Å². The zero-order chi connectivity index (χ0) is 18.5. The van der Waals surface area contributed by atoms with Crippen molar-refractivity contribution in [1.82, 2.24) is 0 Å². The number of halogens is 1. The number of carboxylic acids is 1. The van der Waals surface area contributed by atoms with Gasteiger partial charge < -0.3 is 10.2 Å². The third-order valence-electron chi connectivity index (χ3n) is 8.01. The van der Waals surface area contributed by atoms with Crippen molar-refractivity contribution < 1.29 is 15.0 Å². The van der Waals surface area contributed by atoms with Gasteiger partial charge in [0.1, 0.15) is 5.75 Å². The van der Waals surface area contributed by atoms with Gasteiger partial charge in [0.2, 0.25) is 0 Å². The minimum Gasteiger partial charge on any atom is -0.508 e. The highest BCUT2D eigenvalue weighted by Gasteiger charge is 2.57. The molecule has 2 saturated carbocycles. The smallest absolute Gasteiger partial charge is 0.306 e. The number of rotatable bonds is 4. The number of carbonyl (C=O) groups is 1. The summed E-state index contributed by atoms with van der Waals surface area (Å²) < 4.78 is 0. The Morgan fingerprint density at radius 3 is 2.85 bits per heavy atom. The first-order valence-corrected chi connectivity index (χ1v) is 10.6. The van der Waals surface area contributed by atoms with Crippen LogP contribution in [-0.2, 0) is 11.2 Å². The quantitative estimate of drug-likeness (QED) is 0.710. The second kappa shape index (κ2) is 6.74. The first-order valence-electron chi connectivity index (χ1n) is 10.1. The number of phenols is 1. The topological polar surface area (TPSA) is 57.5 Å². The van der Waals surface area contributed by atoms with Gasteiger partial charge in [0, 0.05) is 5.88 Å². The molecule has 0 heterocycles. The number of benzene rings is 1. The van der Waals surface area contributed by atoms with Crippen LogP contribution in [0.3, 0.4) is 0 Å². The Bertz CT molecular complexity index is 703. The number of aryl methyl sites for hydroxylation is 1.